The van der Waals surface area contributed by atoms with Gasteiger partial charge in [-0.05, 0) is 26.0 Å². The first kappa shape index (κ1) is 17.0. The second kappa shape index (κ2) is 7.43. The minimum Gasteiger partial charge on any atom is -0.419 e. The normalized spacial score (nSPS) is 12.2. The van der Waals surface area contributed by atoms with Crippen LogP contribution in [0.2, 0.25) is 0 Å². The highest BCUT2D eigenvalue weighted by Crippen LogP contribution is 2.38. The molecule has 0 N–H and O–H groups in total. The van der Waals surface area contributed by atoms with Crippen LogP contribution in [0.25, 0.3) is 22.7 Å². The van der Waals surface area contributed by atoms with Crippen molar-refractivity contribution in [3.63, 3.8) is 0 Å². The summed E-state index contributed by atoms with van der Waals surface area (Å²) in [5, 5.41) is 10.5. The molecular formula is C20H17N3OS2. The van der Waals surface area contributed by atoms with Crippen molar-refractivity contribution in [2.24, 2.45) is 0 Å². The van der Waals surface area contributed by atoms with E-state index in [4.69, 9.17) is 9.40 Å². The number of aromatic nitrogens is 3. The van der Waals surface area contributed by atoms with Gasteiger partial charge in [0.25, 0.3) is 0 Å². The number of aryl methyl sites for hydroxylation is 1. The van der Waals surface area contributed by atoms with Crippen LogP contribution in [-0.4, -0.2) is 15.2 Å². The average molecular weight is 380 g/mol. The second-order valence-electron chi connectivity index (χ2n) is 5.94. The molecule has 4 rings (SSSR count). The van der Waals surface area contributed by atoms with Gasteiger partial charge in [-0.1, -0.05) is 59.8 Å². The van der Waals surface area contributed by atoms with Crippen molar-refractivity contribution in [1.29, 1.82) is 0 Å². The molecule has 0 bridgehead atoms. The Morgan fingerprint density at radius 1 is 0.962 bits per heavy atom. The van der Waals surface area contributed by atoms with Crippen molar-refractivity contribution in [1.82, 2.24) is 15.2 Å². The Hall–Kier alpha value is -2.44. The van der Waals surface area contributed by atoms with Crippen LogP contribution in [-0.2, 0) is 0 Å². The van der Waals surface area contributed by atoms with Gasteiger partial charge in [-0.25, -0.2) is 4.98 Å². The van der Waals surface area contributed by atoms with Crippen LogP contribution in [0, 0.1) is 6.92 Å². The monoisotopic (exact) mass is 379 g/mol. The fraction of sp³-hybridized carbons (Fsp3) is 0.150. The summed E-state index contributed by atoms with van der Waals surface area (Å²) in [6.45, 7) is 4.11. The lowest BCUT2D eigenvalue weighted by Crippen LogP contribution is -1.88. The van der Waals surface area contributed by atoms with Crippen molar-refractivity contribution in [2.75, 3.05) is 0 Å². The predicted octanol–water partition coefficient (Wildman–Crippen LogP) is 6.02. The largest absolute Gasteiger partial charge is 0.419 e. The highest BCUT2D eigenvalue weighted by Gasteiger charge is 2.18. The van der Waals surface area contributed by atoms with Crippen molar-refractivity contribution >= 4 is 23.1 Å². The molecular weight excluding hydrogens is 362 g/mol. The van der Waals surface area contributed by atoms with Crippen LogP contribution >= 0.6 is 23.1 Å². The van der Waals surface area contributed by atoms with Crippen LogP contribution in [0.1, 0.15) is 23.6 Å². The first-order valence-corrected chi connectivity index (χ1v) is 10.0. The number of rotatable bonds is 5. The third kappa shape index (κ3) is 3.71. The van der Waals surface area contributed by atoms with Gasteiger partial charge >= 0.3 is 0 Å². The Balaban J connectivity index is 1.48. The Morgan fingerprint density at radius 3 is 2.50 bits per heavy atom. The lowest BCUT2D eigenvalue weighted by atomic mass is 10.1. The summed E-state index contributed by atoms with van der Waals surface area (Å²) in [5.74, 6) is 1.17. The molecule has 2 aromatic carbocycles. The van der Waals surface area contributed by atoms with Crippen molar-refractivity contribution in [2.45, 2.75) is 23.4 Å². The molecule has 0 saturated heterocycles. The molecule has 0 fully saturated rings. The van der Waals surface area contributed by atoms with Crippen molar-refractivity contribution < 1.29 is 4.42 Å². The molecule has 2 aromatic heterocycles. The lowest BCUT2D eigenvalue weighted by molar-refractivity contribution is 0.509. The molecule has 0 aliphatic heterocycles. The summed E-state index contributed by atoms with van der Waals surface area (Å²) in [7, 11) is 0. The molecule has 0 spiro atoms. The highest BCUT2D eigenvalue weighted by atomic mass is 32.2. The number of hydrogen-bond donors (Lipinski definition) is 0. The molecule has 0 unspecified atom stereocenters. The van der Waals surface area contributed by atoms with Gasteiger partial charge in [0.15, 0.2) is 4.34 Å². The summed E-state index contributed by atoms with van der Waals surface area (Å²) in [6.07, 6.45) is 0. The first-order chi connectivity index (χ1) is 12.7. The van der Waals surface area contributed by atoms with E-state index in [1.165, 1.54) is 5.56 Å². The van der Waals surface area contributed by atoms with E-state index in [9.17, 15) is 0 Å². The molecule has 0 aliphatic rings. The molecule has 0 aliphatic carbocycles. The lowest BCUT2D eigenvalue weighted by Gasteiger charge is -2.03. The van der Waals surface area contributed by atoms with E-state index in [0.717, 1.165) is 21.2 Å². The molecule has 4 nitrogen and oxygen atoms in total. The molecule has 0 amide bonds. The van der Waals surface area contributed by atoms with Gasteiger partial charge in [-0.15, -0.1) is 21.5 Å². The van der Waals surface area contributed by atoms with E-state index in [-0.39, 0.29) is 5.25 Å². The Kier molecular flexibility index (Phi) is 4.86. The van der Waals surface area contributed by atoms with Gasteiger partial charge in [0.2, 0.25) is 11.8 Å². The number of thioether (sulfide) groups is 1. The first-order valence-electron chi connectivity index (χ1n) is 8.27. The third-order valence-electron chi connectivity index (χ3n) is 3.92. The van der Waals surface area contributed by atoms with Gasteiger partial charge in [0, 0.05) is 16.5 Å². The van der Waals surface area contributed by atoms with Crippen LogP contribution in [0.3, 0.4) is 0 Å². The molecule has 2 heterocycles. The van der Waals surface area contributed by atoms with E-state index < -0.39 is 0 Å². The summed E-state index contributed by atoms with van der Waals surface area (Å²) in [5.41, 5.74) is 4.27. The maximum Gasteiger partial charge on any atom is 0.247 e. The number of thiazole rings is 1. The van der Waals surface area contributed by atoms with Gasteiger partial charge in [0.1, 0.15) is 0 Å². The smallest absolute Gasteiger partial charge is 0.247 e. The van der Waals surface area contributed by atoms with Crippen LogP contribution in [0.15, 0.2) is 68.7 Å². The zero-order chi connectivity index (χ0) is 17.9. The predicted molar refractivity (Wildman–Crippen MR) is 106 cm³/mol. The molecule has 0 saturated carbocycles. The third-order valence-corrected chi connectivity index (χ3v) is 5.98. The molecule has 26 heavy (non-hydrogen) atoms. The second-order valence-corrected chi connectivity index (χ2v) is 8.38. The van der Waals surface area contributed by atoms with E-state index in [1.54, 1.807) is 23.1 Å². The molecule has 0 radical (unpaired) electrons. The Morgan fingerprint density at radius 2 is 1.73 bits per heavy atom. The summed E-state index contributed by atoms with van der Waals surface area (Å²) in [4.78, 5) is 4.71. The molecule has 130 valence electrons. The van der Waals surface area contributed by atoms with E-state index in [0.29, 0.717) is 11.8 Å². The maximum atomic E-state index is 5.87. The highest BCUT2D eigenvalue weighted by molar-refractivity contribution is 8.01. The minimum absolute atomic E-state index is 0.0384. The standard InChI is InChI=1S/C20H17N3OS2/c1-13-8-10-16(11-9-13)19-23-22-18(24-19)14(2)26-20-21-17(12-25-20)15-6-4-3-5-7-15/h3-12,14H,1-2H3/t14-/m0/s1. The van der Waals surface area contributed by atoms with Gasteiger partial charge in [-0.2, -0.15) is 0 Å². The van der Waals surface area contributed by atoms with Gasteiger partial charge in [-0.3, -0.25) is 0 Å². The van der Waals surface area contributed by atoms with Crippen LogP contribution in [0.5, 0.6) is 0 Å². The molecule has 1 atom stereocenters. The SMILES string of the molecule is Cc1ccc(-c2nnc([C@H](C)Sc3nc(-c4ccccc4)cs3)o2)cc1. The minimum atomic E-state index is 0.0384. The molecule has 4 aromatic rings. The zero-order valence-corrected chi connectivity index (χ0v) is 16.1. The Bertz CT molecular complexity index is 993. The van der Waals surface area contributed by atoms with Gasteiger partial charge < -0.3 is 4.42 Å². The average Bonchev–Trinajstić information content (AvgIpc) is 3.33. The summed E-state index contributed by atoms with van der Waals surface area (Å²) < 4.78 is 6.86. The number of nitrogens with zero attached hydrogens (tertiary/aromatic N) is 3. The zero-order valence-electron chi connectivity index (χ0n) is 14.4. The fourth-order valence-corrected chi connectivity index (χ4v) is 4.47. The summed E-state index contributed by atoms with van der Waals surface area (Å²) >= 11 is 3.27. The number of benzene rings is 2. The van der Waals surface area contributed by atoms with E-state index >= 15 is 0 Å². The molecule has 6 heteroatoms. The van der Waals surface area contributed by atoms with Crippen molar-refractivity contribution in [3.8, 4) is 22.7 Å². The fourth-order valence-electron chi connectivity index (χ4n) is 2.47. The summed E-state index contributed by atoms with van der Waals surface area (Å²) in [6, 6.07) is 18.3. The van der Waals surface area contributed by atoms with Crippen molar-refractivity contribution in [3.05, 3.63) is 71.4 Å². The van der Waals surface area contributed by atoms with E-state index in [2.05, 4.69) is 41.6 Å². The quantitative estimate of drug-likeness (QED) is 0.397. The van der Waals surface area contributed by atoms with Gasteiger partial charge in [0.05, 0.1) is 10.9 Å². The van der Waals surface area contributed by atoms with Crippen LogP contribution < -0.4 is 0 Å². The maximum absolute atomic E-state index is 5.87. The Labute approximate surface area is 160 Å². The number of hydrogen-bond acceptors (Lipinski definition) is 6. The van der Waals surface area contributed by atoms with Crippen LogP contribution in [0.4, 0.5) is 0 Å². The topological polar surface area (TPSA) is 51.8 Å². The van der Waals surface area contributed by atoms with E-state index in [1.807, 2.05) is 42.5 Å².